The van der Waals surface area contributed by atoms with Gasteiger partial charge in [0.25, 0.3) is 10.1 Å². The Morgan fingerprint density at radius 1 is 1.12 bits per heavy atom. The molecule has 0 radical (unpaired) electrons. The zero-order valence-corrected chi connectivity index (χ0v) is 13.7. The summed E-state index contributed by atoms with van der Waals surface area (Å²) < 4.78 is 55.6. The number of carbonyl (C=O) groups is 1. The maximum atomic E-state index is 13.7. The Kier molecular flexibility index (Phi) is 5.51. The van der Waals surface area contributed by atoms with Crippen molar-refractivity contribution in [1.29, 1.82) is 0 Å². The molecule has 0 aromatic heterocycles. The van der Waals surface area contributed by atoms with Crippen LogP contribution in [-0.4, -0.2) is 30.7 Å². The standard InChI is InChI=1S/C16H14F2O6S/c1-9-2-5-11(6-3-9)25(22,23)24-15(16(20)21)14(19)12-7-4-10(17)8-13(12)18/h2-8,14-15,19H,1H3,(H,20,21)/t14-,15+/m1/s1. The Morgan fingerprint density at radius 2 is 1.72 bits per heavy atom. The van der Waals surface area contributed by atoms with Crippen LogP contribution in [0.1, 0.15) is 17.2 Å². The topological polar surface area (TPSA) is 101 Å². The number of aryl methyl sites for hydroxylation is 1. The summed E-state index contributed by atoms with van der Waals surface area (Å²) >= 11 is 0. The van der Waals surface area contributed by atoms with Gasteiger partial charge >= 0.3 is 5.97 Å². The number of carboxylic acid groups (broad SMARTS) is 1. The van der Waals surface area contributed by atoms with Crippen LogP contribution in [-0.2, 0) is 19.1 Å². The third-order valence-electron chi connectivity index (χ3n) is 3.35. The van der Waals surface area contributed by atoms with Crippen LogP contribution in [0.25, 0.3) is 0 Å². The molecule has 0 aliphatic rings. The fraction of sp³-hybridized carbons (Fsp3) is 0.188. The van der Waals surface area contributed by atoms with Gasteiger partial charge in [0, 0.05) is 11.6 Å². The van der Waals surface area contributed by atoms with E-state index in [2.05, 4.69) is 4.18 Å². The zero-order chi connectivity index (χ0) is 18.8. The quantitative estimate of drug-likeness (QED) is 0.754. The number of hydrogen-bond acceptors (Lipinski definition) is 5. The molecule has 0 amide bonds. The molecule has 0 unspecified atom stereocenters. The lowest BCUT2D eigenvalue weighted by Crippen LogP contribution is -2.33. The van der Waals surface area contributed by atoms with E-state index in [1.807, 2.05) is 0 Å². The van der Waals surface area contributed by atoms with E-state index in [4.69, 9.17) is 5.11 Å². The molecule has 134 valence electrons. The molecule has 6 nitrogen and oxygen atoms in total. The Hall–Kier alpha value is -2.36. The van der Waals surface area contributed by atoms with Crippen molar-refractivity contribution in [2.45, 2.75) is 24.0 Å². The van der Waals surface area contributed by atoms with Gasteiger partial charge < -0.3 is 10.2 Å². The first-order valence-corrected chi connectivity index (χ1v) is 8.38. The fourth-order valence-electron chi connectivity index (χ4n) is 2.03. The highest BCUT2D eigenvalue weighted by molar-refractivity contribution is 7.86. The van der Waals surface area contributed by atoms with Crippen LogP contribution >= 0.6 is 0 Å². The van der Waals surface area contributed by atoms with E-state index in [-0.39, 0.29) is 4.90 Å². The van der Waals surface area contributed by atoms with Crippen LogP contribution in [0.5, 0.6) is 0 Å². The molecule has 2 N–H and O–H groups in total. The number of carboxylic acids is 1. The smallest absolute Gasteiger partial charge is 0.337 e. The van der Waals surface area contributed by atoms with Crippen molar-refractivity contribution < 1.29 is 36.4 Å². The summed E-state index contributed by atoms with van der Waals surface area (Å²) in [5.41, 5.74) is 0.162. The molecule has 2 atom stereocenters. The molecule has 0 heterocycles. The maximum absolute atomic E-state index is 13.7. The summed E-state index contributed by atoms with van der Waals surface area (Å²) in [6.45, 7) is 1.72. The molecular weight excluding hydrogens is 358 g/mol. The van der Waals surface area contributed by atoms with Crippen molar-refractivity contribution in [2.24, 2.45) is 0 Å². The third-order valence-corrected chi connectivity index (χ3v) is 4.66. The first kappa shape index (κ1) is 19.0. The summed E-state index contributed by atoms with van der Waals surface area (Å²) in [4.78, 5) is 11.0. The fourth-order valence-corrected chi connectivity index (χ4v) is 3.07. The number of halogens is 2. The molecule has 0 saturated heterocycles. The van der Waals surface area contributed by atoms with E-state index >= 15 is 0 Å². The summed E-state index contributed by atoms with van der Waals surface area (Å²) in [5.74, 6) is -3.99. The lowest BCUT2D eigenvalue weighted by Gasteiger charge is -2.20. The Labute approximate surface area is 142 Å². The van der Waals surface area contributed by atoms with E-state index in [1.54, 1.807) is 6.92 Å². The number of rotatable bonds is 6. The van der Waals surface area contributed by atoms with E-state index < -0.39 is 45.5 Å². The molecular formula is C16H14F2O6S. The van der Waals surface area contributed by atoms with Gasteiger partial charge in [-0.25, -0.2) is 17.8 Å². The molecule has 0 aliphatic carbocycles. The average Bonchev–Trinajstić information content (AvgIpc) is 2.52. The van der Waals surface area contributed by atoms with Gasteiger partial charge in [0.2, 0.25) is 6.10 Å². The van der Waals surface area contributed by atoms with E-state index in [0.29, 0.717) is 6.07 Å². The van der Waals surface area contributed by atoms with Gasteiger partial charge in [0.1, 0.15) is 17.7 Å². The third kappa shape index (κ3) is 4.38. The Bertz CT molecular complexity index is 880. The molecule has 2 rings (SSSR count). The van der Waals surface area contributed by atoms with E-state index in [0.717, 1.165) is 17.7 Å². The monoisotopic (exact) mass is 372 g/mol. The highest BCUT2D eigenvalue weighted by atomic mass is 32.2. The molecule has 0 saturated carbocycles. The number of aliphatic hydroxyl groups excluding tert-OH is 1. The van der Waals surface area contributed by atoms with E-state index in [9.17, 15) is 27.1 Å². The minimum absolute atomic E-state index is 0.323. The molecule has 25 heavy (non-hydrogen) atoms. The first-order chi connectivity index (χ1) is 11.6. The maximum Gasteiger partial charge on any atom is 0.337 e. The lowest BCUT2D eigenvalue weighted by molar-refractivity contribution is -0.150. The summed E-state index contributed by atoms with van der Waals surface area (Å²) in [7, 11) is -4.53. The van der Waals surface area contributed by atoms with Gasteiger partial charge in [-0.2, -0.15) is 8.42 Å². The lowest BCUT2D eigenvalue weighted by atomic mass is 10.0. The molecule has 2 aromatic rings. The second-order valence-electron chi connectivity index (χ2n) is 5.23. The van der Waals surface area contributed by atoms with Gasteiger partial charge in [-0.05, 0) is 25.1 Å². The van der Waals surface area contributed by atoms with Crippen molar-refractivity contribution in [2.75, 3.05) is 0 Å². The van der Waals surface area contributed by atoms with E-state index in [1.165, 1.54) is 24.3 Å². The predicted molar refractivity (Wildman–Crippen MR) is 82.2 cm³/mol. The second-order valence-corrected chi connectivity index (χ2v) is 6.81. The Morgan fingerprint density at radius 3 is 2.24 bits per heavy atom. The normalized spacial score (nSPS) is 14.1. The molecule has 0 spiro atoms. The Balaban J connectivity index is 2.34. The number of hydrogen-bond donors (Lipinski definition) is 2. The van der Waals surface area contributed by atoms with Gasteiger partial charge in [-0.3, -0.25) is 0 Å². The molecule has 9 heteroatoms. The van der Waals surface area contributed by atoms with Crippen LogP contribution in [0, 0.1) is 18.6 Å². The summed E-state index contributed by atoms with van der Waals surface area (Å²) in [5, 5.41) is 19.2. The van der Waals surface area contributed by atoms with Crippen molar-refractivity contribution in [1.82, 2.24) is 0 Å². The van der Waals surface area contributed by atoms with Crippen molar-refractivity contribution in [3.8, 4) is 0 Å². The summed E-state index contributed by atoms with van der Waals surface area (Å²) in [6, 6.07) is 7.40. The molecule has 0 fully saturated rings. The van der Waals surface area contributed by atoms with Crippen LogP contribution in [0.15, 0.2) is 47.4 Å². The van der Waals surface area contributed by atoms with Crippen LogP contribution in [0.2, 0.25) is 0 Å². The highest BCUT2D eigenvalue weighted by Crippen LogP contribution is 2.26. The molecule has 0 bridgehead atoms. The zero-order valence-electron chi connectivity index (χ0n) is 12.9. The molecule has 2 aromatic carbocycles. The van der Waals surface area contributed by atoms with Crippen molar-refractivity contribution in [3.63, 3.8) is 0 Å². The number of benzene rings is 2. The minimum atomic E-state index is -4.53. The first-order valence-electron chi connectivity index (χ1n) is 6.97. The van der Waals surface area contributed by atoms with Gasteiger partial charge in [-0.1, -0.05) is 23.8 Å². The van der Waals surface area contributed by atoms with Gasteiger partial charge in [0.15, 0.2) is 0 Å². The van der Waals surface area contributed by atoms with Crippen LogP contribution in [0.3, 0.4) is 0 Å². The van der Waals surface area contributed by atoms with Gasteiger partial charge in [0.05, 0.1) is 4.90 Å². The summed E-state index contributed by atoms with van der Waals surface area (Å²) in [6.07, 6.45) is -4.48. The number of aliphatic hydroxyl groups is 1. The highest BCUT2D eigenvalue weighted by Gasteiger charge is 2.35. The number of aliphatic carboxylic acids is 1. The van der Waals surface area contributed by atoms with Crippen LogP contribution in [0.4, 0.5) is 8.78 Å². The van der Waals surface area contributed by atoms with Gasteiger partial charge in [-0.15, -0.1) is 0 Å². The van der Waals surface area contributed by atoms with Crippen molar-refractivity contribution >= 4 is 16.1 Å². The molecule has 0 aliphatic heterocycles. The largest absolute Gasteiger partial charge is 0.479 e. The SMILES string of the molecule is Cc1ccc(S(=O)(=O)O[C@H](C(=O)O)[C@H](O)c2ccc(F)cc2F)cc1. The van der Waals surface area contributed by atoms with Crippen LogP contribution < -0.4 is 0 Å². The minimum Gasteiger partial charge on any atom is -0.479 e. The average molecular weight is 372 g/mol. The second kappa shape index (κ2) is 7.26. The predicted octanol–water partition coefficient (Wildman–Crippen LogP) is 2.17. The van der Waals surface area contributed by atoms with Crippen molar-refractivity contribution in [3.05, 3.63) is 65.2 Å².